The molecule has 1 amide bonds. The van der Waals surface area contributed by atoms with Crippen molar-refractivity contribution in [2.24, 2.45) is 0 Å². The van der Waals surface area contributed by atoms with Gasteiger partial charge in [-0.25, -0.2) is 0 Å². The molecule has 19 heavy (non-hydrogen) atoms. The van der Waals surface area contributed by atoms with Crippen molar-refractivity contribution in [3.05, 3.63) is 58.7 Å². The maximum atomic E-state index is 12.3. The molecule has 2 aromatic carbocycles. The number of para-hydroxylation sites is 1. The average Bonchev–Trinajstić information content (AvgIpc) is 2.37. The van der Waals surface area contributed by atoms with E-state index in [-0.39, 0.29) is 5.91 Å². The number of nitrogens with one attached hydrogen (secondary N) is 1. The van der Waals surface area contributed by atoms with Crippen LogP contribution in [0.4, 0.5) is 11.4 Å². The lowest BCUT2D eigenvalue weighted by Crippen LogP contribution is -2.15. The first-order valence-electron chi connectivity index (χ1n) is 6.23. The number of hydrogen-bond acceptors (Lipinski definition) is 2. The van der Waals surface area contributed by atoms with Crippen molar-refractivity contribution >= 4 is 17.3 Å². The highest BCUT2D eigenvalue weighted by Crippen LogP contribution is 2.24. The zero-order chi connectivity index (χ0) is 14.0. The summed E-state index contributed by atoms with van der Waals surface area (Å²) in [6, 6.07) is 11.3. The number of nitrogen functional groups attached to an aromatic ring is 1. The first kappa shape index (κ1) is 13.1. The molecule has 0 bridgehead atoms. The van der Waals surface area contributed by atoms with Crippen molar-refractivity contribution in [3.63, 3.8) is 0 Å². The highest BCUT2D eigenvalue weighted by atomic mass is 16.1. The van der Waals surface area contributed by atoms with Crippen LogP contribution >= 0.6 is 0 Å². The number of aryl methyl sites for hydroxylation is 2. The predicted molar refractivity (Wildman–Crippen MR) is 79.5 cm³/mol. The van der Waals surface area contributed by atoms with Gasteiger partial charge in [-0.2, -0.15) is 0 Å². The van der Waals surface area contributed by atoms with Gasteiger partial charge in [0.1, 0.15) is 0 Å². The van der Waals surface area contributed by atoms with Gasteiger partial charge >= 0.3 is 0 Å². The lowest BCUT2D eigenvalue weighted by molar-refractivity contribution is 0.102. The molecular formula is C16H18N2O. The van der Waals surface area contributed by atoms with Gasteiger partial charge in [-0.1, -0.05) is 24.3 Å². The summed E-state index contributed by atoms with van der Waals surface area (Å²) in [5, 5.41) is 2.90. The van der Waals surface area contributed by atoms with Gasteiger partial charge in [0.15, 0.2) is 0 Å². The Bertz CT molecular complexity index is 612. The highest BCUT2D eigenvalue weighted by Gasteiger charge is 2.12. The fraction of sp³-hybridized carbons (Fsp3) is 0.188. The van der Waals surface area contributed by atoms with Gasteiger partial charge in [-0.05, 0) is 49.6 Å². The Kier molecular flexibility index (Phi) is 3.56. The molecule has 0 aliphatic carbocycles. The van der Waals surface area contributed by atoms with Crippen LogP contribution in [0.5, 0.6) is 0 Å². The molecular weight excluding hydrogens is 236 g/mol. The van der Waals surface area contributed by atoms with E-state index in [9.17, 15) is 4.79 Å². The third kappa shape index (κ3) is 2.60. The molecule has 0 saturated heterocycles. The Hall–Kier alpha value is -2.29. The molecule has 3 nitrogen and oxygen atoms in total. The van der Waals surface area contributed by atoms with Crippen LogP contribution in [0, 0.1) is 20.8 Å². The normalized spacial score (nSPS) is 10.3. The van der Waals surface area contributed by atoms with E-state index in [1.807, 2.05) is 51.1 Å². The Morgan fingerprint density at radius 1 is 1.00 bits per heavy atom. The number of carbonyl (C=O) groups is 1. The van der Waals surface area contributed by atoms with E-state index >= 15 is 0 Å². The van der Waals surface area contributed by atoms with Crippen molar-refractivity contribution < 1.29 is 4.79 Å². The van der Waals surface area contributed by atoms with Crippen molar-refractivity contribution in [3.8, 4) is 0 Å². The van der Waals surface area contributed by atoms with Crippen molar-refractivity contribution in [1.29, 1.82) is 0 Å². The van der Waals surface area contributed by atoms with Crippen LogP contribution in [0.3, 0.4) is 0 Å². The monoisotopic (exact) mass is 254 g/mol. The molecule has 0 aromatic heterocycles. The van der Waals surface area contributed by atoms with Gasteiger partial charge < -0.3 is 11.1 Å². The smallest absolute Gasteiger partial charge is 0.256 e. The Labute approximate surface area is 113 Å². The summed E-state index contributed by atoms with van der Waals surface area (Å²) in [4.78, 5) is 12.3. The fourth-order valence-corrected chi connectivity index (χ4v) is 2.04. The maximum absolute atomic E-state index is 12.3. The molecule has 0 aliphatic heterocycles. The van der Waals surface area contributed by atoms with E-state index < -0.39 is 0 Å². The quantitative estimate of drug-likeness (QED) is 0.806. The number of benzene rings is 2. The molecule has 0 atom stereocenters. The average molecular weight is 254 g/mol. The minimum absolute atomic E-state index is 0.123. The molecule has 0 heterocycles. The van der Waals surface area contributed by atoms with E-state index in [4.69, 9.17) is 5.73 Å². The molecule has 98 valence electrons. The Morgan fingerprint density at radius 3 is 2.32 bits per heavy atom. The van der Waals surface area contributed by atoms with Crippen molar-refractivity contribution in [2.75, 3.05) is 11.1 Å². The van der Waals surface area contributed by atoms with Gasteiger partial charge in [0, 0.05) is 5.56 Å². The van der Waals surface area contributed by atoms with Crippen LogP contribution in [0.15, 0.2) is 36.4 Å². The SMILES string of the molecule is Cc1cccc(C(=O)Nc2c(C)cccc2N)c1C. The molecule has 0 unspecified atom stereocenters. The van der Waals surface area contributed by atoms with Crippen molar-refractivity contribution in [2.45, 2.75) is 20.8 Å². The number of anilines is 2. The van der Waals surface area contributed by atoms with Crippen LogP contribution in [0.2, 0.25) is 0 Å². The topological polar surface area (TPSA) is 55.1 Å². The zero-order valence-corrected chi connectivity index (χ0v) is 11.4. The third-order valence-electron chi connectivity index (χ3n) is 3.39. The summed E-state index contributed by atoms with van der Waals surface area (Å²) in [7, 11) is 0. The molecule has 0 fully saturated rings. The van der Waals surface area contributed by atoms with Crippen molar-refractivity contribution in [1.82, 2.24) is 0 Å². The minimum Gasteiger partial charge on any atom is -0.397 e. The molecule has 3 N–H and O–H groups in total. The van der Waals surface area contributed by atoms with Gasteiger partial charge in [0.25, 0.3) is 5.91 Å². The van der Waals surface area contributed by atoms with Crippen LogP contribution in [0.25, 0.3) is 0 Å². The maximum Gasteiger partial charge on any atom is 0.256 e. The zero-order valence-electron chi connectivity index (χ0n) is 11.4. The molecule has 0 saturated carbocycles. The molecule has 3 heteroatoms. The largest absolute Gasteiger partial charge is 0.397 e. The standard InChI is InChI=1S/C16H18N2O/c1-10-6-4-8-13(12(10)3)16(19)18-15-11(2)7-5-9-14(15)17/h4-9H,17H2,1-3H3,(H,18,19). The summed E-state index contributed by atoms with van der Waals surface area (Å²) >= 11 is 0. The van der Waals surface area contributed by atoms with E-state index in [1.165, 1.54) is 0 Å². The lowest BCUT2D eigenvalue weighted by Gasteiger charge is -2.13. The summed E-state index contributed by atoms with van der Waals surface area (Å²) < 4.78 is 0. The van der Waals surface area contributed by atoms with Gasteiger partial charge in [-0.15, -0.1) is 0 Å². The number of carbonyl (C=O) groups excluding carboxylic acids is 1. The summed E-state index contributed by atoms with van der Waals surface area (Å²) in [6.45, 7) is 5.87. The fourth-order valence-electron chi connectivity index (χ4n) is 2.04. The lowest BCUT2D eigenvalue weighted by atomic mass is 10.0. The summed E-state index contributed by atoms with van der Waals surface area (Å²) in [5.74, 6) is -0.123. The van der Waals surface area contributed by atoms with Crippen LogP contribution < -0.4 is 11.1 Å². The van der Waals surface area contributed by atoms with Crippen LogP contribution in [-0.4, -0.2) is 5.91 Å². The van der Waals surface area contributed by atoms with E-state index in [1.54, 1.807) is 6.07 Å². The Balaban J connectivity index is 2.34. The van der Waals surface area contributed by atoms with Gasteiger partial charge in [0.2, 0.25) is 0 Å². The minimum atomic E-state index is -0.123. The number of amides is 1. The number of hydrogen-bond donors (Lipinski definition) is 2. The van der Waals surface area contributed by atoms with E-state index in [0.29, 0.717) is 16.9 Å². The first-order valence-corrected chi connectivity index (χ1v) is 6.23. The second kappa shape index (κ2) is 5.14. The third-order valence-corrected chi connectivity index (χ3v) is 3.39. The summed E-state index contributed by atoms with van der Waals surface area (Å²) in [6.07, 6.45) is 0. The van der Waals surface area contributed by atoms with Gasteiger partial charge in [-0.3, -0.25) is 4.79 Å². The Morgan fingerprint density at radius 2 is 1.63 bits per heavy atom. The van der Waals surface area contributed by atoms with E-state index in [0.717, 1.165) is 16.7 Å². The van der Waals surface area contributed by atoms with Crippen LogP contribution in [-0.2, 0) is 0 Å². The molecule has 0 radical (unpaired) electrons. The second-order valence-corrected chi connectivity index (χ2v) is 4.74. The second-order valence-electron chi connectivity index (χ2n) is 4.74. The molecule has 0 aliphatic rings. The summed E-state index contributed by atoms with van der Waals surface area (Å²) in [5.41, 5.74) is 10.9. The van der Waals surface area contributed by atoms with Crippen LogP contribution in [0.1, 0.15) is 27.0 Å². The molecule has 2 rings (SSSR count). The number of nitrogens with two attached hydrogens (primary N) is 1. The number of rotatable bonds is 2. The molecule has 0 spiro atoms. The van der Waals surface area contributed by atoms with E-state index in [2.05, 4.69) is 5.32 Å². The first-order chi connectivity index (χ1) is 9.00. The van der Waals surface area contributed by atoms with Gasteiger partial charge in [0.05, 0.1) is 11.4 Å². The predicted octanol–water partition coefficient (Wildman–Crippen LogP) is 3.45. The highest BCUT2D eigenvalue weighted by molar-refractivity contribution is 6.07. The molecule has 2 aromatic rings.